The molecule has 0 unspecified atom stereocenters. The van der Waals surface area contributed by atoms with Crippen molar-refractivity contribution >= 4 is 23.5 Å². The Labute approximate surface area is 208 Å². The molecule has 1 heterocycles. The molecule has 0 saturated carbocycles. The number of carbonyl (C=O) groups excluding carboxylic acids is 2. The lowest BCUT2D eigenvalue weighted by molar-refractivity contribution is -0.145. The van der Waals surface area contributed by atoms with Gasteiger partial charge in [-0.25, -0.2) is 9.59 Å². The predicted molar refractivity (Wildman–Crippen MR) is 135 cm³/mol. The lowest BCUT2D eigenvalue weighted by atomic mass is 10.00. The second-order valence-corrected chi connectivity index (χ2v) is 8.68. The number of nitrogens with one attached hydrogen (secondary N) is 1. The third kappa shape index (κ3) is 5.38. The molecule has 0 fully saturated rings. The molecule has 0 aliphatic rings. The summed E-state index contributed by atoms with van der Waals surface area (Å²) < 4.78 is 7.67. The zero-order valence-electron chi connectivity index (χ0n) is 20.3. The first-order chi connectivity index (χ1) is 16.6. The minimum Gasteiger partial charge on any atom is -0.464 e. The first kappa shape index (κ1) is 26.0. The van der Waals surface area contributed by atoms with Crippen molar-refractivity contribution in [2.75, 3.05) is 6.61 Å². The van der Waals surface area contributed by atoms with Gasteiger partial charge < -0.3 is 14.6 Å². The summed E-state index contributed by atoms with van der Waals surface area (Å²) in [6.45, 7) is 5.35. The lowest BCUT2D eigenvalue weighted by Crippen LogP contribution is -2.43. The average molecular weight is 498 g/mol. The fourth-order valence-corrected chi connectivity index (χ4v) is 4.21. The van der Waals surface area contributed by atoms with E-state index in [1.807, 2.05) is 0 Å². The van der Waals surface area contributed by atoms with Crippen molar-refractivity contribution in [1.29, 1.82) is 0 Å². The number of esters is 1. The van der Waals surface area contributed by atoms with Gasteiger partial charge in [0, 0.05) is 26.2 Å². The quantitative estimate of drug-likeness (QED) is 0.506. The second kappa shape index (κ2) is 10.7. The van der Waals surface area contributed by atoms with E-state index in [1.54, 1.807) is 70.3 Å². The Morgan fingerprint density at radius 1 is 1.03 bits per heavy atom. The Hall–Kier alpha value is -3.65. The lowest BCUT2D eigenvalue weighted by Gasteiger charge is -2.19. The highest BCUT2D eigenvalue weighted by Gasteiger charge is 2.25. The van der Waals surface area contributed by atoms with Crippen LogP contribution in [0.2, 0.25) is 5.02 Å². The fourth-order valence-electron chi connectivity index (χ4n) is 3.91. The smallest absolute Gasteiger partial charge is 0.330 e. The number of ether oxygens (including phenoxy) is 1. The maximum atomic E-state index is 12.9. The molecule has 0 radical (unpaired) electrons. The van der Waals surface area contributed by atoms with Crippen LogP contribution in [0.1, 0.15) is 34.1 Å². The minimum atomic E-state index is -0.934. The van der Waals surface area contributed by atoms with Gasteiger partial charge >= 0.3 is 11.7 Å². The van der Waals surface area contributed by atoms with Crippen molar-refractivity contribution in [1.82, 2.24) is 14.5 Å². The molecule has 1 N–H and O–H groups in total. The molecule has 0 spiro atoms. The van der Waals surface area contributed by atoms with Crippen LogP contribution in [-0.2, 0) is 30.0 Å². The van der Waals surface area contributed by atoms with Crippen LogP contribution in [0.15, 0.2) is 52.1 Å². The van der Waals surface area contributed by atoms with Crippen molar-refractivity contribution in [3.05, 3.63) is 90.7 Å². The molecule has 3 aromatic rings. The second-order valence-electron chi connectivity index (χ2n) is 8.28. The van der Waals surface area contributed by atoms with E-state index in [9.17, 15) is 19.2 Å². The summed E-state index contributed by atoms with van der Waals surface area (Å²) in [4.78, 5) is 50.4. The van der Waals surface area contributed by atoms with Gasteiger partial charge in [-0.15, -0.1) is 0 Å². The molecule has 0 aliphatic heterocycles. The SMILES string of the molecule is CCOC(=O)[C@H](Cc1ccc(-c2c(C)n(C)c(=O)n(C)c2=O)cc1)NC(=O)c1c(C)cccc1Cl. The van der Waals surface area contributed by atoms with Crippen LogP contribution in [0.4, 0.5) is 0 Å². The number of aryl methyl sites for hydroxylation is 1. The third-order valence-corrected chi connectivity index (χ3v) is 6.28. The van der Waals surface area contributed by atoms with E-state index in [4.69, 9.17) is 16.3 Å². The van der Waals surface area contributed by atoms with Gasteiger partial charge in [-0.2, -0.15) is 0 Å². The fraction of sp³-hybridized carbons (Fsp3) is 0.308. The highest BCUT2D eigenvalue weighted by atomic mass is 35.5. The molecule has 2 aromatic carbocycles. The molecular formula is C26H28ClN3O5. The Morgan fingerprint density at radius 3 is 2.29 bits per heavy atom. The molecule has 0 bridgehead atoms. The van der Waals surface area contributed by atoms with Crippen LogP contribution in [-0.4, -0.2) is 33.7 Å². The van der Waals surface area contributed by atoms with E-state index in [1.165, 1.54) is 11.6 Å². The van der Waals surface area contributed by atoms with Crippen LogP contribution in [0, 0.1) is 13.8 Å². The van der Waals surface area contributed by atoms with E-state index in [-0.39, 0.29) is 18.6 Å². The van der Waals surface area contributed by atoms with Crippen molar-refractivity contribution in [3.63, 3.8) is 0 Å². The number of halogens is 1. The molecule has 1 amide bonds. The summed E-state index contributed by atoms with van der Waals surface area (Å²) in [6, 6.07) is 11.3. The molecule has 0 saturated heterocycles. The number of nitrogens with zero attached hydrogens (tertiary/aromatic N) is 2. The molecule has 0 aliphatic carbocycles. The predicted octanol–water partition coefficient (Wildman–Crippen LogP) is 2.93. The van der Waals surface area contributed by atoms with Gasteiger partial charge in [-0.1, -0.05) is 48.0 Å². The highest BCUT2D eigenvalue weighted by molar-refractivity contribution is 6.34. The van der Waals surface area contributed by atoms with Crippen LogP contribution in [0.3, 0.4) is 0 Å². The van der Waals surface area contributed by atoms with Crippen LogP contribution < -0.4 is 16.6 Å². The van der Waals surface area contributed by atoms with Gasteiger partial charge in [0.2, 0.25) is 0 Å². The zero-order chi connectivity index (χ0) is 25.9. The van der Waals surface area contributed by atoms with Crippen molar-refractivity contribution in [3.8, 4) is 11.1 Å². The first-order valence-corrected chi connectivity index (χ1v) is 11.5. The van der Waals surface area contributed by atoms with Crippen molar-refractivity contribution in [2.24, 2.45) is 14.1 Å². The summed E-state index contributed by atoms with van der Waals surface area (Å²) >= 11 is 6.22. The minimum absolute atomic E-state index is 0.171. The maximum absolute atomic E-state index is 12.9. The highest BCUT2D eigenvalue weighted by Crippen LogP contribution is 2.21. The monoisotopic (exact) mass is 497 g/mol. The van der Waals surface area contributed by atoms with Crippen molar-refractivity contribution in [2.45, 2.75) is 33.2 Å². The topological polar surface area (TPSA) is 99.4 Å². The standard InChI is InChI=1S/C26H28ClN3O5/c1-6-35-25(33)20(28-23(31)21-15(2)8-7-9-19(21)27)14-17-10-12-18(13-11-17)22-16(3)29(4)26(34)30(5)24(22)32/h7-13,20H,6,14H2,1-5H3,(H,28,31)/t20-/m0/s1. The molecule has 1 atom stereocenters. The molecule has 8 nitrogen and oxygen atoms in total. The maximum Gasteiger partial charge on any atom is 0.330 e. The summed E-state index contributed by atoms with van der Waals surface area (Å²) in [5.41, 5.74) is 2.59. The number of benzene rings is 2. The molecule has 3 rings (SSSR count). The normalized spacial score (nSPS) is 11.7. The Kier molecular flexibility index (Phi) is 7.96. The number of carbonyl (C=O) groups is 2. The van der Waals surface area contributed by atoms with E-state index in [2.05, 4.69) is 5.32 Å². The van der Waals surface area contributed by atoms with Crippen LogP contribution in [0.25, 0.3) is 11.1 Å². The molecule has 9 heteroatoms. The van der Waals surface area contributed by atoms with Gasteiger partial charge in [-0.3, -0.25) is 14.2 Å². The Balaban J connectivity index is 1.90. The van der Waals surface area contributed by atoms with Gasteiger partial charge in [0.1, 0.15) is 6.04 Å². The zero-order valence-corrected chi connectivity index (χ0v) is 21.1. The van der Waals surface area contributed by atoms with Gasteiger partial charge in [0.15, 0.2) is 0 Å². The number of hydrogen-bond acceptors (Lipinski definition) is 5. The summed E-state index contributed by atoms with van der Waals surface area (Å²) in [5.74, 6) is -1.02. The number of rotatable bonds is 7. The summed E-state index contributed by atoms with van der Waals surface area (Å²) in [7, 11) is 3.05. The number of hydrogen-bond donors (Lipinski definition) is 1. The van der Waals surface area contributed by atoms with E-state index >= 15 is 0 Å². The van der Waals surface area contributed by atoms with Gasteiger partial charge in [0.25, 0.3) is 11.5 Å². The number of aromatic nitrogens is 2. The molecule has 35 heavy (non-hydrogen) atoms. The van der Waals surface area contributed by atoms with E-state index in [0.29, 0.717) is 33.0 Å². The van der Waals surface area contributed by atoms with Crippen molar-refractivity contribution < 1.29 is 14.3 Å². The van der Waals surface area contributed by atoms with E-state index in [0.717, 1.165) is 10.1 Å². The average Bonchev–Trinajstić information content (AvgIpc) is 2.82. The van der Waals surface area contributed by atoms with Gasteiger partial charge in [-0.05, 0) is 43.5 Å². The molecule has 1 aromatic heterocycles. The van der Waals surface area contributed by atoms with Gasteiger partial charge in [0.05, 0.1) is 22.8 Å². The van der Waals surface area contributed by atoms with Crippen LogP contribution >= 0.6 is 11.6 Å². The van der Waals surface area contributed by atoms with Crippen LogP contribution in [0.5, 0.6) is 0 Å². The summed E-state index contributed by atoms with van der Waals surface area (Å²) in [6.07, 6.45) is 0.179. The largest absolute Gasteiger partial charge is 0.464 e. The third-order valence-electron chi connectivity index (χ3n) is 5.97. The Morgan fingerprint density at radius 2 is 1.69 bits per heavy atom. The summed E-state index contributed by atoms with van der Waals surface area (Å²) in [5, 5.41) is 3.04. The Bertz CT molecular complexity index is 1370. The molecular weight excluding hydrogens is 470 g/mol. The van der Waals surface area contributed by atoms with E-state index < -0.39 is 23.6 Å². The molecule has 184 valence electrons. The number of amides is 1. The first-order valence-electron chi connectivity index (χ1n) is 11.1.